The van der Waals surface area contributed by atoms with E-state index in [1.807, 2.05) is 0 Å². The maximum atomic E-state index is 13.8. The maximum Gasteiger partial charge on any atom is 0.267 e. The fourth-order valence-corrected chi connectivity index (χ4v) is 2.17. The Morgan fingerprint density at radius 3 is 2.56 bits per heavy atom. The minimum Gasteiger partial charge on any atom is -0.309 e. The van der Waals surface area contributed by atoms with Gasteiger partial charge in [-0.3, -0.25) is 0 Å². The van der Waals surface area contributed by atoms with Gasteiger partial charge in [0.15, 0.2) is 0 Å². The van der Waals surface area contributed by atoms with Crippen LogP contribution in [0, 0.1) is 0 Å². The third kappa shape index (κ3) is 2.71. The van der Waals surface area contributed by atoms with E-state index in [0.717, 1.165) is 6.42 Å². The zero-order valence-corrected chi connectivity index (χ0v) is 9.61. The SMILES string of the molecule is FC(F)(Cc1ccc(Cl)cc1)C1CCCN1. The van der Waals surface area contributed by atoms with Crippen molar-refractivity contribution in [1.82, 2.24) is 5.32 Å². The van der Waals surface area contributed by atoms with Gasteiger partial charge >= 0.3 is 0 Å². The van der Waals surface area contributed by atoms with Crippen LogP contribution in [0.3, 0.4) is 0 Å². The second-order valence-electron chi connectivity index (χ2n) is 4.21. The molecule has 0 aromatic heterocycles. The summed E-state index contributed by atoms with van der Waals surface area (Å²) in [6, 6.07) is 5.93. The van der Waals surface area contributed by atoms with Gasteiger partial charge in [0, 0.05) is 11.4 Å². The quantitative estimate of drug-likeness (QED) is 0.862. The molecule has 1 atom stereocenters. The summed E-state index contributed by atoms with van der Waals surface area (Å²) in [5, 5.41) is 3.43. The Labute approximate surface area is 98.8 Å². The molecule has 1 aromatic rings. The van der Waals surface area contributed by atoms with E-state index in [0.29, 0.717) is 23.6 Å². The van der Waals surface area contributed by atoms with Crippen molar-refractivity contribution < 1.29 is 8.78 Å². The van der Waals surface area contributed by atoms with Crippen molar-refractivity contribution in [3.63, 3.8) is 0 Å². The topological polar surface area (TPSA) is 12.0 Å². The predicted octanol–water partition coefficient (Wildman–Crippen LogP) is 3.27. The van der Waals surface area contributed by atoms with E-state index in [9.17, 15) is 8.78 Å². The van der Waals surface area contributed by atoms with Crippen LogP contribution in [-0.2, 0) is 6.42 Å². The monoisotopic (exact) mass is 245 g/mol. The van der Waals surface area contributed by atoms with Crippen LogP contribution in [0.5, 0.6) is 0 Å². The van der Waals surface area contributed by atoms with Gasteiger partial charge in [-0.15, -0.1) is 0 Å². The summed E-state index contributed by atoms with van der Waals surface area (Å²) in [7, 11) is 0. The minimum absolute atomic E-state index is 0.220. The molecule has 1 aromatic carbocycles. The highest BCUT2D eigenvalue weighted by molar-refractivity contribution is 6.30. The molecule has 0 radical (unpaired) electrons. The van der Waals surface area contributed by atoms with Gasteiger partial charge in [0.2, 0.25) is 0 Å². The minimum atomic E-state index is -2.68. The van der Waals surface area contributed by atoms with Crippen molar-refractivity contribution in [2.24, 2.45) is 0 Å². The average Bonchev–Trinajstić information content (AvgIpc) is 2.75. The molecular weight excluding hydrogens is 232 g/mol. The van der Waals surface area contributed by atoms with Gasteiger partial charge in [-0.25, -0.2) is 8.78 Å². The molecule has 0 amide bonds. The fraction of sp³-hybridized carbons (Fsp3) is 0.500. The van der Waals surface area contributed by atoms with Crippen LogP contribution in [-0.4, -0.2) is 18.5 Å². The molecule has 1 nitrogen and oxygen atoms in total. The average molecular weight is 246 g/mol. The lowest BCUT2D eigenvalue weighted by Gasteiger charge is -2.23. The Kier molecular flexibility index (Phi) is 3.45. The van der Waals surface area contributed by atoms with E-state index in [2.05, 4.69) is 5.32 Å². The highest BCUT2D eigenvalue weighted by Crippen LogP contribution is 2.29. The molecular formula is C12H14ClF2N. The molecule has 2 rings (SSSR count). The zero-order valence-electron chi connectivity index (χ0n) is 8.85. The number of nitrogens with one attached hydrogen (secondary N) is 1. The molecule has 1 aliphatic rings. The van der Waals surface area contributed by atoms with Gasteiger partial charge in [0.05, 0.1) is 6.04 Å². The molecule has 0 saturated carbocycles. The van der Waals surface area contributed by atoms with E-state index >= 15 is 0 Å². The van der Waals surface area contributed by atoms with Gasteiger partial charge < -0.3 is 5.32 Å². The Balaban J connectivity index is 2.04. The highest BCUT2D eigenvalue weighted by Gasteiger charge is 2.40. The normalized spacial score (nSPS) is 21.3. The summed E-state index contributed by atoms with van der Waals surface area (Å²) < 4.78 is 27.6. The Bertz CT molecular complexity index is 345. The summed E-state index contributed by atoms with van der Waals surface area (Å²) in [5.41, 5.74) is 0.628. The molecule has 1 N–H and O–H groups in total. The molecule has 1 aliphatic heterocycles. The number of benzene rings is 1. The second kappa shape index (κ2) is 4.68. The van der Waals surface area contributed by atoms with Gasteiger partial charge in [-0.1, -0.05) is 23.7 Å². The summed E-state index contributed by atoms with van der Waals surface area (Å²) in [4.78, 5) is 0. The molecule has 0 bridgehead atoms. The molecule has 4 heteroatoms. The summed E-state index contributed by atoms with van der Waals surface area (Å²) >= 11 is 5.71. The van der Waals surface area contributed by atoms with E-state index in [-0.39, 0.29) is 6.42 Å². The van der Waals surface area contributed by atoms with Crippen LogP contribution in [0.15, 0.2) is 24.3 Å². The zero-order chi connectivity index (χ0) is 11.6. The lowest BCUT2D eigenvalue weighted by atomic mass is 10.00. The number of hydrogen-bond acceptors (Lipinski definition) is 1. The van der Waals surface area contributed by atoms with Crippen LogP contribution in [0.4, 0.5) is 8.78 Å². The number of hydrogen-bond donors (Lipinski definition) is 1. The Hall–Kier alpha value is -0.670. The van der Waals surface area contributed by atoms with Gasteiger partial charge in [0.25, 0.3) is 5.92 Å². The van der Waals surface area contributed by atoms with Gasteiger partial charge in [-0.05, 0) is 37.1 Å². The first-order valence-corrected chi connectivity index (χ1v) is 5.81. The van der Waals surface area contributed by atoms with E-state index in [1.165, 1.54) is 0 Å². The maximum absolute atomic E-state index is 13.8. The van der Waals surface area contributed by atoms with Crippen LogP contribution < -0.4 is 5.32 Å². The molecule has 1 heterocycles. The van der Waals surface area contributed by atoms with Crippen LogP contribution >= 0.6 is 11.6 Å². The summed E-state index contributed by atoms with van der Waals surface area (Å²) in [6.07, 6.45) is 1.17. The van der Waals surface area contributed by atoms with Crippen molar-refractivity contribution in [2.75, 3.05) is 6.54 Å². The van der Waals surface area contributed by atoms with E-state index in [4.69, 9.17) is 11.6 Å². The van der Waals surface area contributed by atoms with Crippen LogP contribution in [0.25, 0.3) is 0 Å². The molecule has 16 heavy (non-hydrogen) atoms. The predicted molar refractivity (Wildman–Crippen MR) is 61.1 cm³/mol. The highest BCUT2D eigenvalue weighted by atomic mass is 35.5. The first-order chi connectivity index (χ1) is 7.58. The Morgan fingerprint density at radius 2 is 2.00 bits per heavy atom. The molecule has 88 valence electrons. The van der Waals surface area contributed by atoms with E-state index in [1.54, 1.807) is 24.3 Å². The smallest absolute Gasteiger partial charge is 0.267 e. The molecule has 1 fully saturated rings. The van der Waals surface area contributed by atoms with Crippen molar-refractivity contribution >= 4 is 11.6 Å². The molecule has 0 spiro atoms. The largest absolute Gasteiger partial charge is 0.309 e. The lowest BCUT2D eigenvalue weighted by molar-refractivity contribution is -0.0307. The van der Waals surface area contributed by atoms with Gasteiger partial charge in [0.1, 0.15) is 0 Å². The van der Waals surface area contributed by atoms with Crippen molar-refractivity contribution in [3.05, 3.63) is 34.9 Å². The number of alkyl halides is 2. The van der Waals surface area contributed by atoms with Crippen molar-refractivity contribution in [1.29, 1.82) is 0 Å². The van der Waals surface area contributed by atoms with Crippen LogP contribution in [0.1, 0.15) is 18.4 Å². The lowest BCUT2D eigenvalue weighted by Crippen LogP contribution is -2.42. The first-order valence-electron chi connectivity index (χ1n) is 5.43. The van der Waals surface area contributed by atoms with Gasteiger partial charge in [-0.2, -0.15) is 0 Å². The third-order valence-electron chi connectivity index (χ3n) is 2.92. The summed E-state index contributed by atoms with van der Waals surface area (Å²) in [5.74, 6) is -2.68. The van der Waals surface area contributed by atoms with E-state index < -0.39 is 12.0 Å². The number of halogens is 3. The molecule has 0 aliphatic carbocycles. The first kappa shape index (κ1) is 11.8. The standard InChI is InChI=1S/C12H14ClF2N/c13-10-5-3-9(4-6-10)8-12(14,15)11-2-1-7-16-11/h3-6,11,16H,1-2,7-8H2. The fourth-order valence-electron chi connectivity index (χ4n) is 2.04. The second-order valence-corrected chi connectivity index (χ2v) is 4.65. The molecule has 1 unspecified atom stereocenters. The van der Waals surface area contributed by atoms with Crippen molar-refractivity contribution in [2.45, 2.75) is 31.2 Å². The number of rotatable bonds is 3. The third-order valence-corrected chi connectivity index (χ3v) is 3.18. The van der Waals surface area contributed by atoms with Crippen LogP contribution in [0.2, 0.25) is 5.02 Å². The van der Waals surface area contributed by atoms with Crippen molar-refractivity contribution in [3.8, 4) is 0 Å². The summed E-state index contributed by atoms with van der Waals surface area (Å²) in [6.45, 7) is 0.695. The molecule has 1 saturated heterocycles. The Morgan fingerprint density at radius 1 is 1.31 bits per heavy atom.